The highest BCUT2D eigenvalue weighted by Gasteiger charge is 2.49. The van der Waals surface area contributed by atoms with Gasteiger partial charge in [-0.2, -0.15) is 0 Å². The van der Waals surface area contributed by atoms with Crippen molar-refractivity contribution in [1.82, 2.24) is 10.3 Å². The molecule has 2 unspecified atom stereocenters. The first kappa shape index (κ1) is 12.5. The molecule has 3 N–H and O–H groups in total. The fraction of sp³-hybridized carbons (Fsp3) is 0.571. The standard InChI is InChI=1S/C14H18FN3O/c15-10-2-3-11(17-8-10)12(19)18-14-5-1-4-13(16,9-14)6-7-14/h2-3,8H,1,4-7,9,16H2,(H,18,19). The number of amides is 1. The van der Waals surface area contributed by atoms with E-state index in [1.165, 1.54) is 12.1 Å². The van der Waals surface area contributed by atoms with E-state index in [0.717, 1.165) is 44.7 Å². The van der Waals surface area contributed by atoms with Gasteiger partial charge in [-0.05, 0) is 50.7 Å². The molecule has 2 fully saturated rings. The Bertz CT molecular complexity index is 504. The highest BCUT2D eigenvalue weighted by atomic mass is 19.1. The maximum Gasteiger partial charge on any atom is 0.270 e. The van der Waals surface area contributed by atoms with E-state index in [0.29, 0.717) is 0 Å². The predicted molar refractivity (Wildman–Crippen MR) is 69.0 cm³/mol. The number of fused-ring (bicyclic) bond motifs is 2. The molecule has 1 amide bonds. The van der Waals surface area contributed by atoms with E-state index in [1.54, 1.807) is 0 Å². The Morgan fingerprint density at radius 2 is 2.16 bits per heavy atom. The summed E-state index contributed by atoms with van der Waals surface area (Å²) in [6.07, 6.45) is 6.86. The molecular weight excluding hydrogens is 245 g/mol. The Morgan fingerprint density at radius 1 is 1.32 bits per heavy atom. The SMILES string of the molecule is NC12CCCC(NC(=O)c3ccc(F)cn3)(CC1)C2. The molecular formula is C14H18FN3O. The van der Waals surface area contributed by atoms with Crippen LogP contribution in [0.25, 0.3) is 0 Å². The third-order valence-electron chi connectivity index (χ3n) is 4.46. The van der Waals surface area contributed by atoms with E-state index >= 15 is 0 Å². The van der Waals surface area contributed by atoms with Crippen molar-refractivity contribution in [2.45, 2.75) is 49.6 Å². The van der Waals surface area contributed by atoms with Crippen molar-refractivity contribution in [3.63, 3.8) is 0 Å². The minimum absolute atomic E-state index is 0.109. The van der Waals surface area contributed by atoms with Gasteiger partial charge in [-0.25, -0.2) is 9.37 Å². The molecule has 1 aromatic rings. The molecule has 0 aliphatic heterocycles. The van der Waals surface area contributed by atoms with Crippen LogP contribution in [0.15, 0.2) is 18.3 Å². The molecule has 0 saturated heterocycles. The first-order chi connectivity index (χ1) is 9.00. The average Bonchev–Trinajstić information content (AvgIpc) is 2.60. The molecule has 3 rings (SSSR count). The summed E-state index contributed by atoms with van der Waals surface area (Å²) in [5.74, 6) is -0.666. The van der Waals surface area contributed by atoms with Crippen LogP contribution in [0.2, 0.25) is 0 Å². The van der Waals surface area contributed by atoms with Crippen molar-refractivity contribution in [3.05, 3.63) is 29.8 Å². The lowest BCUT2D eigenvalue weighted by Gasteiger charge is -2.37. The number of rotatable bonds is 2. The average molecular weight is 263 g/mol. The summed E-state index contributed by atoms with van der Waals surface area (Å²) in [5, 5.41) is 3.08. The quantitative estimate of drug-likeness (QED) is 0.854. The zero-order valence-electron chi connectivity index (χ0n) is 10.8. The Labute approximate surface area is 111 Å². The van der Waals surface area contributed by atoms with Gasteiger partial charge in [0.15, 0.2) is 0 Å². The lowest BCUT2D eigenvalue weighted by atomic mass is 9.79. The van der Waals surface area contributed by atoms with Crippen LogP contribution >= 0.6 is 0 Å². The van der Waals surface area contributed by atoms with Crippen LogP contribution in [0.3, 0.4) is 0 Å². The van der Waals surface area contributed by atoms with Gasteiger partial charge in [0.1, 0.15) is 11.5 Å². The zero-order chi connectivity index (χ0) is 13.5. The van der Waals surface area contributed by atoms with Crippen LogP contribution in [-0.4, -0.2) is 22.0 Å². The normalized spacial score (nSPS) is 33.2. The molecule has 2 atom stereocenters. The number of nitrogens with one attached hydrogen (secondary N) is 1. The van der Waals surface area contributed by atoms with Crippen molar-refractivity contribution in [1.29, 1.82) is 0 Å². The molecule has 102 valence electrons. The second-order valence-corrected chi connectivity index (χ2v) is 5.99. The van der Waals surface area contributed by atoms with E-state index in [2.05, 4.69) is 10.3 Å². The molecule has 0 radical (unpaired) electrons. The number of hydrogen-bond donors (Lipinski definition) is 2. The Morgan fingerprint density at radius 3 is 2.89 bits per heavy atom. The largest absolute Gasteiger partial charge is 0.345 e. The lowest BCUT2D eigenvalue weighted by Crippen LogP contribution is -2.52. The first-order valence-electron chi connectivity index (χ1n) is 6.73. The molecule has 1 aromatic heterocycles. The number of carbonyl (C=O) groups excluding carboxylic acids is 1. The molecule has 0 spiro atoms. The van der Waals surface area contributed by atoms with Gasteiger partial charge >= 0.3 is 0 Å². The number of aromatic nitrogens is 1. The second kappa shape index (κ2) is 4.27. The molecule has 2 aliphatic rings. The van der Waals surface area contributed by atoms with Crippen molar-refractivity contribution in [3.8, 4) is 0 Å². The summed E-state index contributed by atoms with van der Waals surface area (Å²) in [6, 6.07) is 2.66. The van der Waals surface area contributed by atoms with Gasteiger partial charge < -0.3 is 11.1 Å². The van der Waals surface area contributed by atoms with E-state index in [1.807, 2.05) is 0 Å². The minimum Gasteiger partial charge on any atom is -0.345 e. The van der Waals surface area contributed by atoms with Gasteiger partial charge in [-0.1, -0.05) is 0 Å². The smallest absolute Gasteiger partial charge is 0.270 e. The van der Waals surface area contributed by atoms with Crippen LogP contribution in [0.4, 0.5) is 4.39 Å². The summed E-state index contributed by atoms with van der Waals surface area (Å²) in [4.78, 5) is 16.0. The van der Waals surface area contributed by atoms with Gasteiger partial charge in [0.05, 0.1) is 6.20 Å². The third kappa shape index (κ3) is 2.34. The molecule has 2 bridgehead atoms. The molecule has 19 heavy (non-hydrogen) atoms. The Hall–Kier alpha value is -1.49. The molecule has 4 nitrogen and oxygen atoms in total. The second-order valence-electron chi connectivity index (χ2n) is 5.99. The number of nitrogens with zero attached hydrogens (tertiary/aromatic N) is 1. The van der Waals surface area contributed by atoms with Crippen molar-refractivity contribution in [2.24, 2.45) is 5.73 Å². The zero-order valence-corrected chi connectivity index (χ0v) is 10.8. The van der Waals surface area contributed by atoms with Gasteiger partial charge in [-0.3, -0.25) is 4.79 Å². The Balaban J connectivity index is 1.74. The fourth-order valence-corrected chi connectivity index (χ4v) is 3.53. The highest BCUT2D eigenvalue weighted by molar-refractivity contribution is 5.92. The van der Waals surface area contributed by atoms with E-state index in [-0.39, 0.29) is 22.7 Å². The van der Waals surface area contributed by atoms with Gasteiger partial charge in [-0.15, -0.1) is 0 Å². The summed E-state index contributed by atoms with van der Waals surface area (Å²) in [7, 11) is 0. The molecule has 1 heterocycles. The number of pyridine rings is 1. The summed E-state index contributed by atoms with van der Waals surface area (Å²) in [6.45, 7) is 0. The minimum atomic E-state index is -0.436. The van der Waals surface area contributed by atoms with Crippen LogP contribution < -0.4 is 11.1 Å². The van der Waals surface area contributed by atoms with E-state index in [4.69, 9.17) is 5.73 Å². The Kier molecular flexibility index (Phi) is 2.82. The number of carbonyl (C=O) groups is 1. The maximum absolute atomic E-state index is 12.8. The van der Waals surface area contributed by atoms with Crippen molar-refractivity contribution >= 4 is 5.91 Å². The number of halogens is 1. The van der Waals surface area contributed by atoms with Crippen molar-refractivity contribution < 1.29 is 9.18 Å². The van der Waals surface area contributed by atoms with Gasteiger partial charge in [0.2, 0.25) is 0 Å². The van der Waals surface area contributed by atoms with Crippen LogP contribution in [0.1, 0.15) is 49.0 Å². The van der Waals surface area contributed by atoms with Crippen LogP contribution in [0, 0.1) is 5.82 Å². The molecule has 2 saturated carbocycles. The van der Waals surface area contributed by atoms with Crippen LogP contribution in [-0.2, 0) is 0 Å². The number of hydrogen-bond acceptors (Lipinski definition) is 3. The third-order valence-corrected chi connectivity index (χ3v) is 4.46. The molecule has 5 heteroatoms. The molecule has 2 aliphatic carbocycles. The van der Waals surface area contributed by atoms with Gasteiger partial charge in [0, 0.05) is 11.1 Å². The van der Waals surface area contributed by atoms with E-state index < -0.39 is 5.82 Å². The van der Waals surface area contributed by atoms with Crippen LogP contribution in [0.5, 0.6) is 0 Å². The fourth-order valence-electron chi connectivity index (χ4n) is 3.53. The lowest BCUT2D eigenvalue weighted by molar-refractivity contribution is 0.0871. The summed E-state index contributed by atoms with van der Waals surface area (Å²) >= 11 is 0. The first-order valence-corrected chi connectivity index (χ1v) is 6.73. The molecule has 0 aromatic carbocycles. The summed E-state index contributed by atoms with van der Waals surface area (Å²) < 4.78 is 12.8. The number of nitrogens with two attached hydrogens (primary N) is 1. The topological polar surface area (TPSA) is 68.0 Å². The summed E-state index contributed by atoms with van der Waals surface area (Å²) in [5.41, 5.74) is 6.27. The maximum atomic E-state index is 12.8. The highest BCUT2D eigenvalue weighted by Crippen LogP contribution is 2.46. The van der Waals surface area contributed by atoms with Gasteiger partial charge in [0.25, 0.3) is 5.91 Å². The predicted octanol–water partition coefficient (Wildman–Crippen LogP) is 1.75. The monoisotopic (exact) mass is 263 g/mol. The van der Waals surface area contributed by atoms with E-state index in [9.17, 15) is 9.18 Å². The van der Waals surface area contributed by atoms with Crippen molar-refractivity contribution in [2.75, 3.05) is 0 Å².